The third-order valence-electron chi connectivity index (χ3n) is 4.60. The Morgan fingerprint density at radius 1 is 1.04 bits per heavy atom. The Kier molecular flexibility index (Phi) is 5.27. The van der Waals surface area contributed by atoms with Gasteiger partial charge in [-0.05, 0) is 49.6 Å². The zero-order chi connectivity index (χ0) is 19.6. The first kappa shape index (κ1) is 19.0. The van der Waals surface area contributed by atoms with Crippen molar-refractivity contribution in [3.8, 4) is 0 Å². The molecule has 2 aromatic rings. The number of nitrogens with zero attached hydrogens (tertiary/aromatic N) is 1. The second-order valence-corrected chi connectivity index (χ2v) is 9.02. The average molecular weight is 387 g/mol. The van der Waals surface area contributed by atoms with Gasteiger partial charge in [0.2, 0.25) is 0 Å². The minimum Gasteiger partial charge on any atom is -0.348 e. The molecule has 2 heterocycles. The van der Waals surface area contributed by atoms with E-state index in [9.17, 15) is 18.0 Å². The number of anilines is 1. The second kappa shape index (κ2) is 7.48. The molecule has 1 aliphatic rings. The van der Waals surface area contributed by atoms with Gasteiger partial charge < -0.3 is 10.6 Å². The third-order valence-corrected chi connectivity index (χ3v) is 6.36. The summed E-state index contributed by atoms with van der Waals surface area (Å²) >= 11 is 0. The molecule has 0 aliphatic carbocycles. The van der Waals surface area contributed by atoms with Crippen LogP contribution in [0.4, 0.5) is 5.69 Å². The molecule has 1 unspecified atom stereocenters. The molecule has 1 aromatic heterocycles. The number of hydrogen-bond acceptors (Lipinski definition) is 5. The highest BCUT2D eigenvalue weighted by Gasteiger charge is 2.29. The third kappa shape index (κ3) is 4.71. The van der Waals surface area contributed by atoms with Crippen LogP contribution in [0.15, 0.2) is 36.7 Å². The Morgan fingerprint density at radius 3 is 2.37 bits per heavy atom. The Balaban J connectivity index is 1.69. The SMILES string of the molecule is Cc1ccc(NC(=O)c2cncc(C(=O)NC3CCS(=O)(=O)C3)c2)cc1C. The standard InChI is InChI=1S/C19H21N3O4S/c1-12-3-4-16(7-13(12)2)21-18(23)14-8-15(10-20-9-14)19(24)22-17-5-6-27(25,26)11-17/h3-4,7-10,17H,5-6,11H2,1-2H3,(H,21,23)(H,22,24). The van der Waals surface area contributed by atoms with Gasteiger partial charge in [0, 0.05) is 24.1 Å². The lowest BCUT2D eigenvalue weighted by Crippen LogP contribution is -2.35. The number of carbonyl (C=O) groups excluding carboxylic acids is 2. The Hall–Kier alpha value is -2.74. The molecule has 0 saturated carbocycles. The molecule has 142 valence electrons. The fraction of sp³-hybridized carbons (Fsp3) is 0.316. The first-order valence-corrected chi connectivity index (χ1v) is 10.4. The van der Waals surface area contributed by atoms with Gasteiger partial charge in [0.05, 0.1) is 22.6 Å². The van der Waals surface area contributed by atoms with Crippen LogP contribution in [0.2, 0.25) is 0 Å². The lowest BCUT2D eigenvalue weighted by molar-refractivity contribution is 0.0940. The van der Waals surface area contributed by atoms with Gasteiger partial charge in [-0.1, -0.05) is 6.07 Å². The maximum atomic E-state index is 12.5. The average Bonchev–Trinajstić information content (AvgIpc) is 2.96. The zero-order valence-corrected chi connectivity index (χ0v) is 16.0. The molecule has 1 saturated heterocycles. The van der Waals surface area contributed by atoms with Crippen LogP contribution in [0.1, 0.15) is 38.3 Å². The summed E-state index contributed by atoms with van der Waals surface area (Å²) in [4.78, 5) is 28.8. The molecule has 7 nitrogen and oxygen atoms in total. The number of benzene rings is 1. The number of rotatable bonds is 4. The van der Waals surface area contributed by atoms with Gasteiger partial charge in [0.1, 0.15) is 0 Å². The topological polar surface area (TPSA) is 105 Å². The molecule has 1 fully saturated rings. The smallest absolute Gasteiger partial charge is 0.257 e. The van der Waals surface area contributed by atoms with Crippen molar-refractivity contribution in [2.45, 2.75) is 26.3 Å². The number of aromatic nitrogens is 1. The van der Waals surface area contributed by atoms with Crippen molar-refractivity contribution in [3.05, 3.63) is 58.9 Å². The van der Waals surface area contributed by atoms with E-state index in [2.05, 4.69) is 15.6 Å². The molecule has 1 atom stereocenters. The fourth-order valence-corrected chi connectivity index (χ4v) is 4.56. The molecule has 3 rings (SSSR count). The highest BCUT2D eigenvalue weighted by atomic mass is 32.2. The summed E-state index contributed by atoms with van der Waals surface area (Å²) in [6, 6.07) is 6.64. The summed E-state index contributed by atoms with van der Waals surface area (Å²) in [7, 11) is -3.08. The Morgan fingerprint density at radius 2 is 1.74 bits per heavy atom. The van der Waals surface area contributed by atoms with Crippen molar-refractivity contribution in [2.24, 2.45) is 0 Å². The molecule has 1 aliphatic heterocycles. The number of pyridine rings is 1. The summed E-state index contributed by atoms with van der Waals surface area (Å²) in [6.07, 6.45) is 3.13. The number of hydrogen-bond donors (Lipinski definition) is 2. The lowest BCUT2D eigenvalue weighted by atomic mass is 10.1. The fourth-order valence-electron chi connectivity index (χ4n) is 2.89. The van der Waals surface area contributed by atoms with E-state index in [1.54, 1.807) is 0 Å². The predicted octanol–water partition coefficient (Wildman–Crippen LogP) is 1.87. The molecule has 27 heavy (non-hydrogen) atoms. The first-order valence-electron chi connectivity index (χ1n) is 8.58. The second-order valence-electron chi connectivity index (χ2n) is 6.79. The van der Waals surface area contributed by atoms with Gasteiger partial charge >= 0.3 is 0 Å². The van der Waals surface area contributed by atoms with E-state index in [0.29, 0.717) is 12.1 Å². The van der Waals surface area contributed by atoms with Crippen molar-refractivity contribution in [1.29, 1.82) is 0 Å². The van der Waals surface area contributed by atoms with Crippen molar-refractivity contribution in [2.75, 3.05) is 16.8 Å². The number of nitrogens with one attached hydrogen (secondary N) is 2. The first-order chi connectivity index (χ1) is 12.7. The summed E-state index contributed by atoms with van der Waals surface area (Å²) in [5, 5.41) is 5.48. The van der Waals surface area contributed by atoms with Crippen LogP contribution in [0.5, 0.6) is 0 Å². The van der Waals surface area contributed by atoms with Crippen LogP contribution in [0.25, 0.3) is 0 Å². The Labute approximate surface area is 158 Å². The Bertz CT molecular complexity index is 1000. The van der Waals surface area contributed by atoms with Gasteiger partial charge in [0.15, 0.2) is 9.84 Å². The summed E-state index contributed by atoms with van der Waals surface area (Å²) in [5.74, 6) is -0.789. The highest BCUT2D eigenvalue weighted by Crippen LogP contribution is 2.16. The van der Waals surface area contributed by atoms with E-state index in [1.165, 1.54) is 18.5 Å². The van der Waals surface area contributed by atoms with Gasteiger partial charge in [-0.15, -0.1) is 0 Å². The summed E-state index contributed by atoms with van der Waals surface area (Å²) in [5.41, 5.74) is 3.31. The maximum Gasteiger partial charge on any atom is 0.257 e. The van der Waals surface area contributed by atoms with Crippen LogP contribution in [-0.4, -0.2) is 42.8 Å². The molecule has 0 radical (unpaired) electrons. The van der Waals surface area contributed by atoms with E-state index in [1.807, 2.05) is 32.0 Å². The van der Waals surface area contributed by atoms with Gasteiger partial charge in [-0.25, -0.2) is 8.42 Å². The molecule has 0 spiro atoms. The zero-order valence-electron chi connectivity index (χ0n) is 15.2. The molecular formula is C19H21N3O4S. The number of aryl methyl sites for hydroxylation is 2. The molecular weight excluding hydrogens is 366 g/mol. The van der Waals surface area contributed by atoms with E-state index >= 15 is 0 Å². The van der Waals surface area contributed by atoms with Gasteiger partial charge in [-0.3, -0.25) is 14.6 Å². The van der Waals surface area contributed by atoms with Crippen molar-refractivity contribution >= 4 is 27.3 Å². The molecule has 0 bridgehead atoms. The van der Waals surface area contributed by atoms with Gasteiger partial charge in [0.25, 0.3) is 11.8 Å². The van der Waals surface area contributed by atoms with E-state index in [0.717, 1.165) is 11.1 Å². The predicted molar refractivity (Wildman–Crippen MR) is 103 cm³/mol. The number of carbonyl (C=O) groups is 2. The van der Waals surface area contributed by atoms with Crippen molar-refractivity contribution in [3.63, 3.8) is 0 Å². The van der Waals surface area contributed by atoms with E-state index < -0.39 is 21.8 Å². The van der Waals surface area contributed by atoms with Gasteiger partial charge in [-0.2, -0.15) is 0 Å². The van der Waals surface area contributed by atoms with Crippen molar-refractivity contribution < 1.29 is 18.0 Å². The molecule has 2 N–H and O–H groups in total. The summed E-state index contributed by atoms with van der Waals surface area (Å²) < 4.78 is 23.0. The van der Waals surface area contributed by atoms with Crippen molar-refractivity contribution in [1.82, 2.24) is 10.3 Å². The van der Waals surface area contributed by atoms with Crippen LogP contribution >= 0.6 is 0 Å². The van der Waals surface area contributed by atoms with Crippen LogP contribution in [0.3, 0.4) is 0 Å². The van der Waals surface area contributed by atoms with Crippen LogP contribution in [0, 0.1) is 13.8 Å². The van der Waals surface area contributed by atoms with E-state index in [4.69, 9.17) is 0 Å². The molecule has 8 heteroatoms. The minimum atomic E-state index is -3.08. The van der Waals surface area contributed by atoms with E-state index in [-0.39, 0.29) is 28.5 Å². The monoisotopic (exact) mass is 387 g/mol. The van der Waals surface area contributed by atoms with Crippen LogP contribution in [-0.2, 0) is 9.84 Å². The highest BCUT2D eigenvalue weighted by molar-refractivity contribution is 7.91. The number of sulfone groups is 1. The van der Waals surface area contributed by atoms with Crippen LogP contribution < -0.4 is 10.6 Å². The molecule has 1 aromatic carbocycles. The normalized spacial score (nSPS) is 18.1. The largest absolute Gasteiger partial charge is 0.348 e. The number of amides is 2. The maximum absolute atomic E-state index is 12.5. The molecule has 2 amide bonds. The lowest BCUT2D eigenvalue weighted by Gasteiger charge is -2.11. The minimum absolute atomic E-state index is 0.0564. The summed E-state index contributed by atoms with van der Waals surface area (Å²) in [6.45, 7) is 3.95. The quantitative estimate of drug-likeness (QED) is 0.833.